The lowest BCUT2D eigenvalue weighted by Gasteiger charge is -2.13. The van der Waals surface area contributed by atoms with E-state index < -0.39 is 6.23 Å². The number of nitriles is 1. The van der Waals surface area contributed by atoms with Crippen LogP contribution in [0.1, 0.15) is 30.5 Å². The second-order valence-corrected chi connectivity index (χ2v) is 5.35. The van der Waals surface area contributed by atoms with Crippen LogP contribution >= 0.6 is 11.3 Å². The number of thiophene rings is 1. The largest absolute Gasteiger partial charge is 0.373 e. The molecule has 0 fully saturated rings. The van der Waals surface area contributed by atoms with Crippen molar-refractivity contribution in [1.29, 1.82) is 5.26 Å². The van der Waals surface area contributed by atoms with Crippen molar-refractivity contribution in [3.05, 3.63) is 34.7 Å². The van der Waals surface area contributed by atoms with E-state index in [1.165, 1.54) is 11.3 Å². The van der Waals surface area contributed by atoms with E-state index in [0.29, 0.717) is 5.56 Å². The molecule has 0 amide bonds. The molecule has 0 saturated carbocycles. The summed E-state index contributed by atoms with van der Waals surface area (Å²) in [5.41, 5.74) is 0.650. The lowest BCUT2D eigenvalue weighted by Crippen LogP contribution is -2.27. The number of benzene rings is 1. The Bertz CT molecular complexity index is 568. The summed E-state index contributed by atoms with van der Waals surface area (Å²) in [6, 6.07) is 9.86. The predicted octanol–water partition coefficient (Wildman–Crippen LogP) is 2.76. The van der Waals surface area contributed by atoms with Crippen LogP contribution < -0.4 is 5.32 Å². The predicted molar refractivity (Wildman–Crippen MR) is 69.8 cm³/mol. The summed E-state index contributed by atoms with van der Waals surface area (Å²) in [6.45, 7) is 3.98. The van der Waals surface area contributed by atoms with E-state index in [1.54, 1.807) is 6.07 Å². The van der Waals surface area contributed by atoms with Gasteiger partial charge in [-0.3, -0.25) is 5.32 Å². The zero-order chi connectivity index (χ0) is 12.4. The minimum Gasteiger partial charge on any atom is -0.373 e. The molecule has 0 saturated heterocycles. The molecule has 17 heavy (non-hydrogen) atoms. The van der Waals surface area contributed by atoms with Gasteiger partial charge >= 0.3 is 0 Å². The summed E-state index contributed by atoms with van der Waals surface area (Å²) in [7, 11) is 0. The third-order valence-corrected chi connectivity index (χ3v) is 3.58. The highest BCUT2D eigenvalue weighted by atomic mass is 32.1. The van der Waals surface area contributed by atoms with Gasteiger partial charge in [0.1, 0.15) is 6.23 Å². The van der Waals surface area contributed by atoms with Gasteiger partial charge in [0.15, 0.2) is 0 Å². The number of aliphatic hydroxyl groups is 1. The van der Waals surface area contributed by atoms with Crippen molar-refractivity contribution in [2.75, 3.05) is 0 Å². The summed E-state index contributed by atoms with van der Waals surface area (Å²) in [4.78, 5) is 0.879. The summed E-state index contributed by atoms with van der Waals surface area (Å²) in [6.07, 6.45) is -0.641. The van der Waals surface area contributed by atoms with Gasteiger partial charge in [-0.05, 0) is 37.4 Å². The monoisotopic (exact) mass is 246 g/mol. The zero-order valence-corrected chi connectivity index (χ0v) is 10.6. The maximum Gasteiger partial charge on any atom is 0.140 e. The normalized spacial score (nSPS) is 12.9. The molecular formula is C13H14N2OS. The second kappa shape index (κ2) is 4.84. The molecule has 0 bridgehead atoms. The zero-order valence-electron chi connectivity index (χ0n) is 9.77. The first kappa shape index (κ1) is 12.1. The summed E-state index contributed by atoms with van der Waals surface area (Å²) in [5.74, 6) is 0. The summed E-state index contributed by atoms with van der Waals surface area (Å²) >= 11 is 1.51. The first-order valence-corrected chi connectivity index (χ1v) is 6.29. The van der Waals surface area contributed by atoms with Crippen LogP contribution in [0, 0.1) is 11.3 Å². The molecule has 0 spiro atoms. The quantitative estimate of drug-likeness (QED) is 0.819. The standard InChI is InChI=1S/C13H14N2OS/c1-8(2)15-13(16)12-6-10-4-3-9(7-14)5-11(10)17-12/h3-6,8,13,15-16H,1-2H3. The van der Waals surface area contributed by atoms with Gasteiger partial charge in [-0.15, -0.1) is 11.3 Å². The number of hydrogen-bond acceptors (Lipinski definition) is 4. The molecule has 0 aliphatic heterocycles. The maximum absolute atomic E-state index is 9.95. The van der Waals surface area contributed by atoms with Crippen molar-refractivity contribution in [2.45, 2.75) is 26.1 Å². The van der Waals surface area contributed by atoms with E-state index in [2.05, 4.69) is 11.4 Å². The molecule has 1 aromatic carbocycles. The highest BCUT2D eigenvalue weighted by Gasteiger charge is 2.12. The van der Waals surface area contributed by atoms with Crippen molar-refractivity contribution >= 4 is 21.4 Å². The fourth-order valence-corrected chi connectivity index (χ4v) is 2.70. The number of fused-ring (bicyclic) bond motifs is 1. The van der Waals surface area contributed by atoms with E-state index in [0.717, 1.165) is 15.0 Å². The van der Waals surface area contributed by atoms with Crippen LogP contribution in [0.25, 0.3) is 10.1 Å². The highest BCUT2D eigenvalue weighted by molar-refractivity contribution is 7.19. The van der Waals surface area contributed by atoms with Crippen molar-refractivity contribution in [1.82, 2.24) is 5.32 Å². The second-order valence-electron chi connectivity index (χ2n) is 4.24. The van der Waals surface area contributed by atoms with Gasteiger partial charge in [-0.25, -0.2) is 0 Å². The molecule has 2 N–H and O–H groups in total. The fourth-order valence-electron chi connectivity index (χ4n) is 1.65. The molecule has 88 valence electrons. The van der Waals surface area contributed by atoms with Crippen LogP contribution in [0.5, 0.6) is 0 Å². The third-order valence-electron chi connectivity index (χ3n) is 2.43. The molecule has 0 radical (unpaired) electrons. The number of aliphatic hydroxyl groups excluding tert-OH is 1. The molecule has 0 aliphatic rings. The Labute approximate surface area is 104 Å². The topological polar surface area (TPSA) is 56.0 Å². The number of rotatable bonds is 3. The lowest BCUT2D eigenvalue weighted by molar-refractivity contribution is 0.132. The molecule has 2 rings (SSSR count). The molecule has 1 aromatic heterocycles. The first-order valence-electron chi connectivity index (χ1n) is 5.48. The van der Waals surface area contributed by atoms with Gasteiger partial charge in [0, 0.05) is 15.6 Å². The Hall–Kier alpha value is -1.41. The van der Waals surface area contributed by atoms with Crippen LogP contribution in [0.3, 0.4) is 0 Å². The van der Waals surface area contributed by atoms with Crippen molar-refractivity contribution in [3.8, 4) is 6.07 Å². The molecule has 4 heteroatoms. The minimum atomic E-state index is -0.641. The van der Waals surface area contributed by atoms with Gasteiger partial charge < -0.3 is 5.11 Å². The van der Waals surface area contributed by atoms with E-state index in [-0.39, 0.29) is 6.04 Å². The first-order chi connectivity index (χ1) is 8.10. The lowest BCUT2D eigenvalue weighted by atomic mass is 10.2. The average Bonchev–Trinajstić information content (AvgIpc) is 2.70. The SMILES string of the molecule is CC(C)NC(O)c1cc2ccc(C#N)cc2s1. The molecule has 3 nitrogen and oxygen atoms in total. The summed E-state index contributed by atoms with van der Waals surface area (Å²) < 4.78 is 1.03. The van der Waals surface area contributed by atoms with Gasteiger partial charge in [0.25, 0.3) is 0 Å². The molecule has 0 aliphatic carbocycles. The average molecular weight is 246 g/mol. The highest BCUT2D eigenvalue weighted by Crippen LogP contribution is 2.29. The third kappa shape index (κ3) is 2.64. The molecule has 1 atom stereocenters. The van der Waals surface area contributed by atoms with Gasteiger partial charge in [0.2, 0.25) is 0 Å². The smallest absolute Gasteiger partial charge is 0.140 e. The number of nitrogens with one attached hydrogen (secondary N) is 1. The van der Waals surface area contributed by atoms with Crippen LogP contribution in [0.4, 0.5) is 0 Å². The van der Waals surface area contributed by atoms with E-state index >= 15 is 0 Å². The molecular weight excluding hydrogens is 232 g/mol. The van der Waals surface area contributed by atoms with Crippen molar-refractivity contribution < 1.29 is 5.11 Å². The molecule has 1 heterocycles. The minimum absolute atomic E-state index is 0.227. The fraction of sp³-hybridized carbons (Fsp3) is 0.308. The van der Waals surface area contributed by atoms with E-state index in [1.807, 2.05) is 32.0 Å². The Morgan fingerprint density at radius 3 is 2.76 bits per heavy atom. The number of hydrogen-bond donors (Lipinski definition) is 2. The van der Waals surface area contributed by atoms with Crippen LogP contribution in [-0.4, -0.2) is 11.1 Å². The Kier molecular flexibility index (Phi) is 3.43. The van der Waals surface area contributed by atoms with Crippen LogP contribution in [-0.2, 0) is 0 Å². The van der Waals surface area contributed by atoms with E-state index in [4.69, 9.17) is 5.26 Å². The van der Waals surface area contributed by atoms with Crippen molar-refractivity contribution in [3.63, 3.8) is 0 Å². The Morgan fingerprint density at radius 2 is 2.12 bits per heavy atom. The van der Waals surface area contributed by atoms with Gasteiger partial charge in [-0.1, -0.05) is 6.07 Å². The Morgan fingerprint density at radius 1 is 1.35 bits per heavy atom. The molecule has 1 unspecified atom stereocenters. The van der Waals surface area contributed by atoms with E-state index in [9.17, 15) is 5.11 Å². The van der Waals surface area contributed by atoms with Crippen LogP contribution in [0.15, 0.2) is 24.3 Å². The summed E-state index contributed by atoms with van der Waals surface area (Å²) in [5, 5.41) is 22.9. The Balaban J connectivity index is 2.35. The van der Waals surface area contributed by atoms with Gasteiger partial charge in [-0.2, -0.15) is 5.26 Å². The molecule has 2 aromatic rings. The maximum atomic E-state index is 9.95. The number of nitrogens with zero attached hydrogens (tertiary/aromatic N) is 1. The van der Waals surface area contributed by atoms with Gasteiger partial charge in [0.05, 0.1) is 11.6 Å². The van der Waals surface area contributed by atoms with Crippen molar-refractivity contribution in [2.24, 2.45) is 0 Å². The van der Waals surface area contributed by atoms with Crippen LogP contribution in [0.2, 0.25) is 0 Å².